The fourth-order valence-corrected chi connectivity index (χ4v) is 2.08. The molecule has 0 radical (unpaired) electrons. The normalized spacial score (nSPS) is 14.2. The van der Waals surface area contributed by atoms with Gasteiger partial charge in [0.05, 0.1) is 12.0 Å². The standard InChI is InChI=1S/C15H22F2N2O/c1-9(2)6-12(8-18)15(20)19-10(3)11-4-5-13(16)14(17)7-11/h4-5,7,9-10,12H,6,8,18H2,1-3H3,(H,19,20). The quantitative estimate of drug-likeness (QED) is 0.844. The Morgan fingerprint density at radius 2 is 1.90 bits per heavy atom. The van der Waals surface area contributed by atoms with Crippen LogP contribution in [0.1, 0.15) is 38.8 Å². The number of carbonyl (C=O) groups is 1. The Bertz CT molecular complexity index is 463. The van der Waals surface area contributed by atoms with Gasteiger partial charge in [-0.05, 0) is 37.0 Å². The second kappa shape index (κ2) is 7.33. The minimum absolute atomic E-state index is 0.154. The second-order valence-corrected chi connectivity index (χ2v) is 5.47. The molecule has 0 aliphatic heterocycles. The number of halogens is 2. The maximum absolute atomic E-state index is 13.2. The minimum Gasteiger partial charge on any atom is -0.349 e. The lowest BCUT2D eigenvalue weighted by atomic mass is 9.96. The molecular weight excluding hydrogens is 262 g/mol. The van der Waals surface area contributed by atoms with E-state index in [1.807, 2.05) is 13.8 Å². The molecular formula is C15H22F2N2O. The number of nitrogens with two attached hydrogens (primary N) is 1. The van der Waals surface area contributed by atoms with Crippen LogP contribution in [-0.4, -0.2) is 12.5 Å². The number of hydrogen-bond acceptors (Lipinski definition) is 2. The molecule has 0 aliphatic carbocycles. The fraction of sp³-hybridized carbons (Fsp3) is 0.533. The van der Waals surface area contributed by atoms with Crippen molar-refractivity contribution in [2.75, 3.05) is 6.54 Å². The van der Waals surface area contributed by atoms with E-state index in [2.05, 4.69) is 5.32 Å². The molecule has 3 nitrogen and oxygen atoms in total. The molecule has 0 bridgehead atoms. The third kappa shape index (κ3) is 4.56. The first-order valence-electron chi connectivity index (χ1n) is 6.80. The zero-order valence-electron chi connectivity index (χ0n) is 12.1. The van der Waals surface area contributed by atoms with Crippen molar-refractivity contribution in [3.05, 3.63) is 35.4 Å². The van der Waals surface area contributed by atoms with Gasteiger partial charge in [-0.2, -0.15) is 0 Å². The molecule has 0 saturated heterocycles. The molecule has 2 atom stereocenters. The highest BCUT2D eigenvalue weighted by Crippen LogP contribution is 2.18. The summed E-state index contributed by atoms with van der Waals surface area (Å²) in [6.45, 7) is 6.05. The molecule has 1 aromatic carbocycles. The van der Waals surface area contributed by atoms with E-state index in [1.54, 1.807) is 6.92 Å². The van der Waals surface area contributed by atoms with Crippen LogP contribution in [0.3, 0.4) is 0 Å². The first-order valence-corrected chi connectivity index (χ1v) is 6.80. The average Bonchev–Trinajstić information content (AvgIpc) is 2.38. The Kier molecular flexibility index (Phi) is 6.07. The fourth-order valence-electron chi connectivity index (χ4n) is 2.08. The molecule has 1 amide bonds. The zero-order chi connectivity index (χ0) is 15.3. The van der Waals surface area contributed by atoms with Crippen LogP contribution in [0, 0.1) is 23.5 Å². The van der Waals surface area contributed by atoms with Crippen molar-refractivity contribution in [2.24, 2.45) is 17.6 Å². The van der Waals surface area contributed by atoms with E-state index in [4.69, 9.17) is 5.73 Å². The molecule has 2 unspecified atom stereocenters. The van der Waals surface area contributed by atoms with Crippen molar-refractivity contribution in [1.29, 1.82) is 0 Å². The van der Waals surface area contributed by atoms with Gasteiger partial charge in [-0.1, -0.05) is 19.9 Å². The lowest BCUT2D eigenvalue weighted by Crippen LogP contribution is -2.37. The van der Waals surface area contributed by atoms with Gasteiger partial charge >= 0.3 is 0 Å². The monoisotopic (exact) mass is 284 g/mol. The summed E-state index contributed by atoms with van der Waals surface area (Å²) in [5.74, 6) is -1.86. The SMILES string of the molecule is CC(C)CC(CN)C(=O)NC(C)c1ccc(F)c(F)c1. The molecule has 3 N–H and O–H groups in total. The van der Waals surface area contributed by atoms with Crippen LogP contribution >= 0.6 is 0 Å². The first-order chi connectivity index (χ1) is 9.35. The molecule has 1 rings (SSSR count). The van der Waals surface area contributed by atoms with Crippen molar-refractivity contribution in [1.82, 2.24) is 5.32 Å². The highest BCUT2D eigenvalue weighted by Gasteiger charge is 2.20. The number of rotatable bonds is 6. The van der Waals surface area contributed by atoms with Gasteiger partial charge in [0.25, 0.3) is 0 Å². The molecule has 20 heavy (non-hydrogen) atoms. The first kappa shape index (κ1) is 16.6. The summed E-state index contributed by atoms with van der Waals surface area (Å²) in [4.78, 5) is 12.1. The Morgan fingerprint density at radius 3 is 2.40 bits per heavy atom. The van der Waals surface area contributed by atoms with E-state index in [1.165, 1.54) is 6.07 Å². The maximum Gasteiger partial charge on any atom is 0.224 e. The molecule has 0 spiro atoms. The summed E-state index contributed by atoms with van der Waals surface area (Å²) in [6, 6.07) is 3.23. The predicted molar refractivity (Wildman–Crippen MR) is 74.9 cm³/mol. The van der Waals surface area contributed by atoms with Crippen molar-refractivity contribution < 1.29 is 13.6 Å². The smallest absolute Gasteiger partial charge is 0.224 e. The number of benzene rings is 1. The average molecular weight is 284 g/mol. The third-order valence-electron chi connectivity index (χ3n) is 3.21. The van der Waals surface area contributed by atoms with Crippen molar-refractivity contribution in [2.45, 2.75) is 33.2 Å². The van der Waals surface area contributed by atoms with Gasteiger partial charge in [0.2, 0.25) is 5.91 Å². The van der Waals surface area contributed by atoms with Crippen LogP contribution < -0.4 is 11.1 Å². The third-order valence-corrected chi connectivity index (χ3v) is 3.21. The van der Waals surface area contributed by atoms with Gasteiger partial charge in [0.15, 0.2) is 11.6 Å². The molecule has 5 heteroatoms. The van der Waals surface area contributed by atoms with Crippen LogP contribution in [0.25, 0.3) is 0 Å². The summed E-state index contributed by atoms with van der Waals surface area (Å²) in [7, 11) is 0. The number of carbonyl (C=O) groups excluding carboxylic acids is 1. The zero-order valence-corrected chi connectivity index (χ0v) is 12.1. The van der Waals surface area contributed by atoms with E-state index in [0.29, 0.717) is 17.9 Å². The van der Waals surface area contributed by atoms with E-state index in [-0.39, 0.29) is 24.4 Å². The van der Waals surface area contributed by atoms with Gasteiger partial charge in [0.1, 0.15) is 0 Å². The van der Waals surface area contributed by atoms with Crippen molar-refractivity contribution in [3.8, 4) is 0 Å². The second-order valence-electron chi connectivity index (χ2n) is 5.47. The Morgan fingerprint density at radius 1 is 1.25 bits per heavy atom. The van der Waals surface area contributed by atoms with Gasteiger partial charge < -0.3 is 11.1 Å². The summed E-state index contributed by atoms with van der Waals surface area (Å²) < 4.78 is 26.0. The summed E-state index contributed by atoms with van der Waals surface area (Å²) >= 11 is 0. The maximum atomic E-state index is 13.2. The lowest BCUT2D eigenvalue weighted by molar-refractivity contribution is -0.125. The summed E-state index contributed by atoms with van der Waals surface area (Å²) in [6.07, 6.45) is 0.701. The van der Waals surface area contributed by atoms with E-state index in [0.717, 1.165) is 12.1 Å². The Hall–Kier alpha value is -1.49. The highest BCUT2D eigenvalue weighted by molar-refractivity contribution is 5.79. The number of nitrogens with one attached hydrogen (secondary N) is 1. The van der Waals surface area contributed by atoms with Crippen LogP contribution in [0.15, 0.2) is 18.2 Å². The Labute approximate surface area is 118 Å². The number of amides is 1. The van der Waals surface area contributed by atoms with Gasteiger partial charge in [-0.25, -0.2) is 8.78 Å². The molecule has 1 aromatic rings. The van der Waals surface area contributed by atoms with Crippen LogP contribution in [0.2, 0.25) is 0 Å². The van der Waals surface area contributed by atoms with Gasteiger partial charge in [-0.15, -0.1) is 0 Å². The molecule has 112 valence electrons. The summed E-state index contributed by atoms with van der Waals surface area (Å²) in [5, 5.41) is 2.79. The predicted octanol–water partition coefficient (Wildman–Crippen LogP) is 2.76. The van der Waals surface area contributed by atoms with Gasteiger partial charge in [-0.3, -0.25) is 4.79 Å². The minimum atomic E-state index is -0.916. The van der Waals surface area contributed by atoms with Crippen molar-refractivity contribution >= 4 is 5.91 Å². The van der Waals surface area contributed by atoms with Crippen LogP contribution in [0.5, 0.6) is 0 Å². The molecule has 0 saturated carbocycles. The van der Waals surface area contributed by atoms with Crippen molar-refractivity contribution in [3.63, 3.8) is 0 Å². The topological polar surface area (TPSA) is 55.1 Å². The van der Waals surface area contributed by atoms with Crippen LogP contribution in [-0.2, 0) is 4.79 Å². The Balaban J connectivity index is 2.70. The molecule has 0 fully saturated rings. The van der Waals surface area contributed by atoms with Gasteiger partial charge in [0, 0.05) is 6.54 Å². The molecule has 0 aromatic heterocycles. The van der Waals surface area contributed by atoms with E-state index < -0.39 is 11.6 Å². The number of hydrogen-bond donors (Lipinski definition) is 2. The molecule has 0 aliphatic rings. The lowest BCUT2D eigenvalue weighted by Gasteiger charge is -2.20. The van der Waals surface area contributed by atoms with Crippen LogP contribution in [0.4, 0.5) is 8.78 Å². The molecule has 0 heterocycles. The van der Waals surface area contributed by atoms with E-state index in [9.17, 15) is 13.6 Å². The largest absolute Gasteiger partial charge is 0.349 e. The van der Waals surface area contributed by atoms with E-state index >= 15 is 0 Å². The summed E-state index contributed by atoms with van der Waals surface area (Å²) in [5.41, 5.74) is 6.14. The highest BCUT2D eigenvalue weighted by atomic mass is 19.2.